The van der Waals surface area contributed by atoms with Gasteiger partial charge in [-0.3, -0.25) is 9.80 Å². The molecule has 1 saturated heterocycles. The highest BCUT2D eigenvalue weighted by molar-refractivity contribution is 5.44. The van der Waals surface area contributed by atoms with Crippen LogP contribution in [0.2, 0.25) is 0 Å². The Balaban J connectivity index is 1.00. The average Bonchev–Trinajstić information content (AvgIpc) is 3.23. The van der Waals surface area contributed by atoms with E-state index in [9.17, 15) is 5.11 Å². The van der Waals surface area contributed by atoms with Crippen molar-refractivity contribution >= 4 is 0 Å². The lowest BCUT2D eigenvalue weighted by Crippen LogP contribution is -2.49. The van der Waals surface area contributed by atoms with Gasteiger partial charge in [0.1, 0.15) is 0 Å². The predicted octanol–water partition coefficient (Wildman–Crippen LogP) is 2.90. The van der Waals surface area contributed by atoms with Gasteiger partial charge in [0.2, 0.25) is 6.79 Å². The minimum Gasteiger partial charge on any atom is -0.454 e. The lowest BCUT2D eigenvalue weighted by Gasteiger charge is -2.56. The molecule has 0 spiro atoms. The molecule has 170 valence electrons. The van der Waals surface area contributed by atoms with Crippen LogP contribution in [0.4, 0.5) is 0 Å². The van der Waals surface area contributed by atoms with Crippen LogP contribution < -0.4 is 9.47 Å². The Hall–Kier alpha value is -1.60. The number of benzene rings is 1. The molecule has 2 bridgehead atoms. The van der Waals surface area contributed by atoms with E-state index in [1.807, 2.05) is 6.07 Å². The Bertz CT molecular complexity index is 816. The van der Waals surface area contributed by atoms with Gasteiger partial charge < -0.3 is 19.3 Å². The molecule has 1 aromatic carbocycles. The van der Waals surface area contributed by atoms with Gasteiger partial charge in [0, 0.05) is 39.3 Å². The zero-order valence-corrected chi connectivity index (χ0v) is 18.9. The smallest absolute Gasteiger partial charge is 0.231 e. The number of nitrogens with zero attached hydrogens (tertiary/aromatic N) is 2. The van der Waals surface area contributed by atoms with E-state index in [1.54, 1.807) is 0 Å². The van der Waals surface area contributed by atoms with Gasteiger partial charge in [-0.15, -0.1) is 0 Å². The van der Waals surface area contributed by atoms with Gasteiger partial charge in [-0.2, -0.15) is 0 Å². The molecule has 1 aromatic rings. The van der Waals surface area contributed by atoms with Crippen molar-refractivity contribution in [3.8, 4) is 11.5 Å². The lowest BCUT2D eigenvalue weighted by molar-refractivity contribution is -0.0275. The molecule has 3 unspecified atom stereocenters. The summed E-state index contributed by atoms with van der Waals surface area (Å²) in [6.07, 6.45) is 4.48. The predicted molar refractivity (Wildman–Crippen MR) is 119 cm³/mol. The molecule has 2 aliphatic heterocycles. The van der Waals surface area contributed by atoms with Gasteiger partial charge in [-0.1, -0.05) is 26.0 Å². The van der Waals surface area contributed by atoms with E-state index in [1.165, 1.54) is 24.0 Å². The number of fused-ring (bicyclic) bond motifs is 2. The minimum atomic E-state index is -0.424. The fourth-order valence-corrected chi connectivity index (χ4v) is 5.73. The van der Waals surface area contributed by atoms with Crippen molar-refractivity contribution in [2.45, 2.75) is 39.3 Å². The third kappa shape index (κ3) is 4.49. The van der Waals surface area contributed by atoms with Gasteiger partial charge in [0.25, 0.3) is 0 Å². The molecule has 31 heavy (non-hydrogen) atoms. The van der Waals surface area contributed by atoms with E-state index in [-0.39, 0.29) is 0 Å². The molecule has 0 radical (unpaired) electrons. The molecule has 2 heterocycles. The lowest BCUT2D eigenvalue weighted by atomic mass is 9.49. The fourth-order valence-electron chi connectivity index (χ4n) is 5.73. The molecular weight excluding hydrogens is 392 g/mol. The zero-order valence-electron chi connectivity index (χ0n) is 18.9. The van der Waals surface area contributed by atoms with Crippen molar-refractivity contribution in [1.82, 2.24) is 9.80 Å². The topological polar surface area (TPSA) is 54.4 Å². The summed E-state index contributed by atoms with van der Waals surface area (Å²) in [6.45, 7) is 11.8. The zero-order chi connectivity index (χ0) is 21.4. The summed E-state index contributed by atoms with van der Waals surface area (Å²) in [6, 6.07) is 6.20. The quantitative estimate of drug-likeness (QED) is 0.643. The van der Waals surface area contributed by atoms with Crippen LogP contribution in [0, 0.1) is 17.3 Å². The first-order valence-corrected chi connectivity index (χ1v) is 11.8. The number of hydrogen-bond donors (Lipinski definition) is 1. The molecule has 1 N–H and O–H groups in total. The minimum absolute atomic E-state index is 0.320. The van der Waals surface area contributed by atoms with E-state index in [0.29, 0.717) is 37.9 Å². The first-order valence-electron chi connectivity index (χ1n) is 11.8. The number of hydrogen-bond acceptors (Lipinski definition) is 6. The van der Waals surface area contributed by atoms with Gasteiger partial charge in [-0.05, 0) is 53.4 Å². The largest absolute Gasteiger partial charge is 0.454 e. The second-order valence-electron chi connectivity index (χ2n) is 10.3. The maximum atomic E-state index is 10.5. The van der Waals surface area contributed by atoms with E-state index in [2.05, 4.69) is 41.9 Å². The molecule has 3 aliphatic carbocycles. The molecule has 0 aromatic heterocycles. The van der Waals surface area contributed by atoms with Crippen LogP contribution in [0.25, 0.3) is 0 Å². The highest BCUT2D eigenvalue weighted by Gasteiger charge is 2.50. The Labute approximate surface area is 185 Å². The van der Waals surface area contributed by atoms with E-state index < -0.39 is 6.10 Å². The summed E-state index contributed by atoms with van der Waals surface area (Å²) in [5, 5.41) is 10.5. The number of rotatable bonds is 8. The number of piperazine rings is 1. The molecule has 3 atom stereocenters. The Morgan fingerprint density at radius 2 is 1.90 bits per heavy atom. The third-order valence-electron chi connectivity index (χ3n) is 7.94. The molecule has 0 amide bonds. The second kappa shape index (κ2) is 8.74. The summed E-state index contributed by atoms with van der Waals surface area (Å²) in [5.41, 5.74) is 3.15. The van der Waals surface area contributed by atoms with Crippen LogP contribution >= 0.6 is 0 Å². The Morgan fingerprint density at radius 1 is 1.13 bits per heavy atom. The van der Waals surface area contributed by atoms with Crippen molar-refractivity contribution in [2.75, 3.05) is 52.7 Å². The number of aliphatic hydroxyl groups excluding tert-OH is 1. The van der Waals surface area contributed by atoms with Crippen molar-refractivity contribution in [2.24, 2.45) is 17.3 Å². The first kappa shape index (κ1) is 21.3. The highest BCUT2D eigenvalue weighted by atomic mass is 16.7. The van der Waals surface area contributed by atoms with Gasteiger partial charge in [0.15, 0.2) is 11.5 Å². The average molecular weight is 429 g/mol. The van der Waals surface area contributed by atoms with Crippen molar-refractivity contribution < 1.29 is 19.3 Å². The summed E-state index contributed by atoms with van der Waals surface area (Å²) in [5.74, 6) is 3.23. The molecule has 6 heteroatoms. The maximum Gasteiger partial charge on any atom is 0.231 e. The third-order valence-corrected chi connectivity index (χ3v) is 7.94. The molecule has 6 nitrogen and oxygen atoms in total. The Morgan fingerprint density at radius 3 is 2.68 bits per heavy atom. The van der Waals surface area contributed by atoms with Crippen LogP contribution in [0.15, 0.2) is 29.8 Å². The van der Waals surface area contributed by atoms with Crippen LogP contribution in [-0.2, 0) is 11.3 Å². The number of allylic oxidation sites excluding steroid dienone is 1. The molecule has 5 aliphatic rings. The van der Waals surface area contributed by atoms with Crippen LogP contribution in [0.3, 0.4) is 0 Å². The van der Waals surface area contributed by atoms with Crippen LogP contribution in [-0.4, -0.2) is 73.7 Å². The molecule has 2 fully saturated rings. The summed E-state index contributed by atoms with van der Waals surface area (Å²) < 4.78 is 16.8. The van der Waals surface area contributed by atoms with Crippen molar-refractivity contribution in [1.29, 1.82) is 0 Å². The van der Waals surface area contributed by atoms with Crippen molar-refractivity contribution in [3.05, 3.63) is 35.4 Å². The van der Waals surface area contributed by atoms with Gasteiger partial charge in [-0.25, -0.2) is 0 Å². The van der Waals surface area contributed by atoms with Crippen molar-refractivity contribution in [3.63, 3.8) is 0 Å². The standard InChI is InChI=1S/C25H36N2O4/c1-25(2)20-5-4-19(22(25)12-20)15-29-16-21(28)14-27-9-7-26(8-10-27)13-18-3-6-23-24(11-18)31-17-30-23/h3-4,6,11,20-22,28H,5,7-10,12-17H2,1-2H3. The van der Waals surface area contributed by atoms with E-state index in [0.717, 1.165) is 50.1 Å². The molecular formula is C25H36N2O4. The van der Waals surface area contributed by atoms with Gasteiger partial charge >= 0.3 is 0 Å². The SMILES string of the molecule is CC1(C)C2CC=C(COCC(O)CN3CCN(Cc4ccc5c(c4)OCO5)CC3)C1C2. The number of aliphatic hydroxyl groups is 1. The fraction of sp³-hybridized carbons (Fsp3) is 0.680. The molecule has 6 rings (SSSR count). The van der Waals surface area contributed by atoms with Gasteiger partial charge in [0.05, 0.1) is 19.3 Å². The monoisotopic (exact) mass is 428 g/mol. The summed E-state index contributed by atoms with van der Waals surface area (Å²) >= 11 is 0. The van der Waals surface area contributed by atoms with E-state index >= 15 is 0 Å². The van der Waals surface area contributed by atoms with E-state index in [4.69, 9.17) is 14.2 Å². The normalized spacial score (nSPS) is 28.2. The Kier molecular flexibility index (Phi) is 5.99. The number of ether oxygens (including phenoxy) is 3. The maximum absolute atomic E-state index is 10.5. The molecule has 1 saturated carbocycles. The van der Waals surface area contributed by atoms with Crippen LogP contribution in [0.5, 0.6) is 11.5 Å². The number of β-amino-alcohol motifs (C(OH)–C–C–N with tert-alkyl or cyclic N) is 1. The first-order chi connectivity index (χ1) is 15.0. The highest BCUT2D eigenvalue weighted by Crippen LogP contribution is 2.59. The van der Waals surface area contributed by atoms with Crippen LogP contribution in [0.1, 0.15) is 32.3 Å². The second-order valence-corrected chi connectivity index (χ2v) is 10.3. The summed E-state index contributed by atoms with van der Waals surface area (Å²) in [7, 11) is 0. The summed E-state index contributed by atoms with van der Waals surface area (Å²) in [4.78, 5) is 4.81.